The molecule has 6 nitrogen and oxygen atoms in total. The maximum atomic E-state index is 5.92. The Balaban J connectivity index is 0.00000264. The highest BCUT2D eigenvalue weighted by atomic mass is 127. The van der Waals surface area contributed by atoms with Crippen molar-refractivity contribution in [2.24, 2.45) is 4.99 Å². The van der Waals surface area contributed by atoms with E-state index in [1.165, 1.54) is 4.88 Å². The molecule has 0 fully saturated rings. The molecule has 128 valence electrons. The quantitative estimate of drug-likeness (QED) is 0.372. The number of thiophene rings is 1. The largest absolute Gasteiger partial charge is 0.356 e. The Morgan fingerprint density at radius 1 is 1.35 bits per heavy atom. The van der Waals surface area contributed by atoms with Crippen LogP contribution in [-0.4, -0.2) is 40.9 Å². The van der Waals surface area contributed by atoms with E-state index in [1.807, 2.05) is 10.6 Å². The van der Waals surface area contributed by atoms with E-state index < -0.39 is 0 Å². The maximum absolute atomic E-state index is 5.92. The van der Waals surface area contributed by atoms with Gasteiger partial charge in [-0.3, -0.25) is 4.99 Å². The summed E-state index contributed by atoms with van der Waals surface area (Å²) in [6.45, 7) is 4.49. The second kappa shape index (κ2) is 10.8. The SMILES string of the molecule is CCc1nncn1CCNC(=NC)NCCc1ccc(Cl)s1.I. The van der Waals surface area contributed by atoms with E-state index in [4.69, 9.17) is 11.6 Å². The second-order valence-electron chi connectivity index (χ2n) is 4.68. The molecule has 0 aliphatic carbocycles. The first-order chi connectivity index (χ1) is 10.7. The molecule has 9 heteroatoms. The van der Waals surface area contributed by atoms with Crippen LogP contribution in [-0.2, 0) is 19.4 Å². The average molecular weight is 469 g/mol. The average Bonchev–Trinajstić information content (AvgIpc) is 3.14. The highest BCUT2D eigenvalue weighted by Gasteiger charge is 2.03. The number of guanidine groups is 1. The van der Waals surface area contributed by atoms with Crippen molar-refractivity contribution >= 4 is 52.9 Å². The molecule has 0 amide bonds. The fourth-order valence-corrected chi connectivity index (χ4v) is 3.13. The van der Waals surface area contributed by atoms with E-state index >= 15 is 0 Å². The van der Waals surface area contributed by atoms with Crippen molar-refractivity contribution in [2.45, 2.75) is 26.3 Å². The van der Waals surface area contributed by atoms with Crippen LogP contribution in [0.3, 0.4) is 0 Å². The molecule has 0 saturated carbocycles. The topological polar surface area (TPSA) is 67.1 Å². The van der Waals surface area contributed by atoms with Gasteiger partial charge in [0.2, 0.25) is 0 Å². The number of aliphatic imine (C=N–C) groups is 1. The van der Waals surface area contributed by atoms with Crippen LogP contribution in [0.15, 0.2) is 23.5 Å². The molecule has 0 atom stereocenters. The van der Waals surface area contributed by atoms with E-state index in [9.17, 15) is 0 Å². The van der Waals surface area contributed by atoms with Gasteiger partial charge < -0.3 is 15.2 Å². The smallest absolute Gasteiger partial charge is 0.191 e. The van der Waals surface area contributed by atoms with E-state index in [0.717, 1.165) is 48.6 Å². The van der Waals surface area contributed by atoms with Gasteiger partial charge in [-0.05, 0) is 18.6 Å². The van der Waals surface area contributed by atoms with Crippen molar-refractivity contribution < 1.29 is 0 Å². The molecule has 0 aliphatic heterocycles. The number of hydrogen-bond acceptors (Lipinski definition) is 4. The lowest BCUT2D eigenvalue weighted by atomic mass is 10.3. The Morgan fingerprint density at radius 3 is 2.78 bits per heavy atom. The minimum Gasteiger partial charge on any atom is -0.356 e. The molecular formula is C14H22ClIN6S. The molecule has 0 aliphatic rings. The number of aryl methyl sites for hydroxylation is 1. The van der Waals surface area contributed by atoms with Gasteiger partial charge >= 0.3 is 0 Å². The van der Waals surface area contributed by atoms with Crippen LogP contribution >= 0.6 is 46.9 Å². The Kier molecular flexibility index (Phi) is 9.49. The second-order valence-corrected chi connectivity index (χ2v) is 6.48. The predicted molar refractivity (Wildman–Crippen MR) is 107 cm³/mol. The molecule has 0 unspecified atom stereocenters. The lowest BCUT2D eigenvalue weighted by molar-refractivity contribution is 0.632. The number of nitrogens with one attached hydrogen (secondary N) is 2. The van der Waals surface area contributed by atoms with Gasteiger partial charge in [-0.15, -0.1) is 45.5 Å². The van der Waals surface area contributed by atoms with Crippen molar-refractivity contribution in [3.8, 4) is 0 Å². The third-order valence-corrected chi connectivity index (χ3v) is 4.46. The van der Waals surface area contributed by atoms with Crippen molar-refractivity contribution in [3.05, 3.63) is 33.5 Å². The number of nitrogens with zero attached hydrogens (tertiary/aromatic N) is 4. The van der Waals surface area contributed by atoms with Gasteiger partial charge in [-0.1, -0.05) is 18.5 Å². The van der Waals surface area contributed by atoms with E-state index in [2.05, 4.69) is 38.8 Å². The van der Waals surface area contributed by atoms with Gasteiger partial charge in [-0.25, -0.2) is 0 Å². The Morgan fingerprint density at radius 2 is 2.13 bits per heavy atom. The Bertz CT molecular complexity index is 612. The van der Waals surface area contributed by atoms with Crippen LogP contribution < -0.4 is 10.6 Å². The van der Waals surface area contributed by atoms with Crippen LogP contribution in [0.1, 0.15) is 17.6 Å². The molecule has 23 heavy (non-hydrogen) atoms. The van der Waals surface area contributed by atoms with Gasteiger partial charge in [0.05, 0.1) is 4.34 Å². The molecule has 2 N–H and O–H groups in total. The molecule has 2 aromatic rings. The van der Waals surface area contributed by atoms with Crippen molar-refractivity contribution in [1.29, 1.82) is 0 Å². The van der Waals surface area contributed by atoms with Gasteiger partial charge in [0.1, 0.15) is 12.2 Å². The molecule has 0 bridgehead atoms. The standard InChI is InChI=1S/C14H21ClN6S.HI/c1-3-13-20-19-10-21(13)9-8-18-14(16-2)17-7-6-11-4-5-12(15)22-11;/h4-5,10H,3,6-9H2,1-2H3,(H2,16,17,18);1H. The van der Waals surface area contributed by atoms with E-state index in [1.54, 1.807) is 24.7 Å². The third-order valence-electron chi connectivity index (χ3n) is 3.17. The fraction of sp³-hybridized carbons (Fsp3) is 0.500. The van der Waals surface area contributed by atoms with Gasteiger partial charge in [0.25, 0.3) is 0 Å². The van der Waals surface area contributed by atoms with Crippen LogP contribution in [0, 0.1) is 0 Å². The zero-order valence-corrected chi connectivity index (χ0v) is 17.2. The van der Waals surface area contributed by atoms with Crippen molar-refractivity contribution in [1.82, 2.24) is 25.4 Å². The molecule has 0 saturated heterocycles. The number of halogens is 2. The van der Waals surface area contributed by atoms with Crippen LogP contribution in [0.25, 0.3) is 0 Å². The molecule has 2 rings (SSSR count). The first-order valence-corrected chi connectivity index (χ1v) is 8.47. The lowest BCUT2D eigenvalue weighted by Crippen LogP contribution is -2.39. The maximum Gasteiger partial charge on any atom is 0.191 e. The van der Waals surface area contributed by atoms with Crippen LogP contribution in [0.4, 0.5) is 0 Å². The predicted octanol–water partition coefficient (Wildman–Crippen LogP) is 2.58. The first kappa shape index (κ1) is 20.2. The molecule has 2 heterocycles. The highest BCUT2D eigenvalue weighted by Crippen LogP contribution is 2.21. The summed E-state index contributed by atoms with van der Waals surface area (Å²) in [4.78, 5) is 5.49. The monoisotopic (exact) mass is 468 g/mol. The zero-order chi connectivity index (χ0) is 15.8. The lowest BCUT2D eigenvalue weighted by Gasteiger charge is -2.12. The molecule has 2 aromatic heterocycles. The number of aromatic nitrogens is 3. The third kappa shape index (κ3) is 6.64. The summed E-state index contributed by atoms with van der Waals surface area (Å²) in [5.41, 5.74) is 0. The summed E-state index contributed by atoms with van der Waals surface area (Å²) in [6, 6.07) is 3.99. The minimum absolute atomic E-state index is 0. The number of hydrogen-bond donors (Lipinski definition) is 2. The number of rotatable bonds is 7. The molecule has 0 aromatic carbocycles. The fourth-order valence-electron chi connectivity index (χ4n) is 2.05. The van der Waals surface area contributed by atoms with Crippen LogP contribution in [0.2, 0.25) is 4.34 Å². The Hall–Kier alpha value is -0.870. The summed E-state index contributed by atoms with van der Waals surface area (Å²) in [5, 5.41) is 14.6. The highest BCUT2D eigenvalue weighted by molar-refractivity contribution is 14.0. The minimum atomic E-state index is 0. The summed E-state index contributed by atoms with van der Waals surface area (Å²) < 4.78 is 2.88. The van der Waals surface area contributed by atoms with E-state index in [0.29, 0.717) is 0 Å². The molecule has 0 spiro atoms. The van der Waals surface area contributed by atoms with Crippen LogP contribution in [0.5, 0.6) is 0 Å². The van der Waals surface area contributed by atoms with E-state index in [-0.39, 0.29) is 24.0 Å². The molecular weight excluding hydrogens is 447 g/mol. The van der Waals surface area contributed by atoms with Gasteiger partial charge in [0, 0.05) is 38.0 Å². The normalized spacial score (nSPS) is 11.2. The summed E-state index contributed by atoms with van der Waals surface area (Å²) in [6.07, 6.45) is 3.58. The van der Waals surface area contributed by atoms with Gasteiger partial charge in [-0.2, -0.15) is 0 Å². The first-order valence-electron chi connectivity index (χ1n) is 7.28. The summed E-state index contributed by atoms with van der Waals surface area (Å²) >= 11 is 7.54. The summed E-state index contributed by atoms with van der Waals surface area (Å²) in [7, 11) is 1.77. The van der Waals surface area contributed by atoms with Crippen molar-refractivity contribution in [2.75, 3.05) is 20.1 Å². The molecule has 0 radical (unpaired) electrons. The summed E-state index contributed by atoms with van der Waals surface area (Å²) in [5.74, 6) is 1.80. The Labute approximate surface area is 162 Å². The van der Waals surface area contributed by atoms with Gasteiger partial charge in [0.15, 0.2) is 5.96 Å². The zero-order valence-electron chi connectivity index (χ0n) is 13.3. The van der Waals surface area contributed by atoms with Crippen molar-refractivity contribution in [3.63, 3.8) is 0 Å².